The lowest BCUT2D eigenvalue weighted by atomic mass is 9.80. The van der Waals surface area contributed by atoms with E-state index in [1.807, 2.05) is 24.0 Å². The molecule has 0 saturated carbocycles. The van der Waals surface area contributed by atoms with Crippen LogP contribution in [0, 0.1) is 5.41 Å². The molecule has 1 saturated heterocycles. The summed E-state index contributed by atoms with van der Waals surface area (Å²) in [5, 5.41) is 9.56. The van der Waals surface area contributed by atoms with Gasteiger partial charge in [-0.15, -0.1) is 0 Å². The standard InChI is InChI=1S/C23H25ClN2O5/c1-23(8-10-30-11-9-23)22(28)26-13-17-3-2-16(21(27)25-29)12-20(17)31-14-19(26)15-4-6-18(24)7-5-15/h2-7,12,19,29H,8-11,13-14H2,1H3,(H,25,27). The van der Waals surface area contributed by atoms with Crippen LogP contribution in [0.1, 0.15) is 47.3 Å². The molecular formula is C23H25ClN2O5. The number of nitrogens with one attached hydrogen (secondary N) is 1. The maximum Gasteiger partial charge on any atom is 0.274 e. The SMILES string of the molecule is CC1(C(=O)N2Cc3ccc(C(=O)NO)cc3OCC2c2ccc(Cl)cc2)CCOCC1. The molecule has 8 heteroatoms. The molecule has 2 amide bonds. The first-order chi connectivity index (χ1) is 14.9. The van der Waals surface area contributed by atoms with Gasteiger partial charge in [-0.1, -0.05) is 36.7 Å². The van der Waals surface area contributed by atoms with E-state index in [9.17, 15) is 9.59 Å². The van der Waals surface area contributed by atoms with E-state index in [0.717, 1.165) is 11.1 Å². The van der Waals surface area contributed by atoms with Crippen molar-refractivity contribution in [3.8, 4) is 5.75 Å². The number of halogens is 1. The number of rotatable bonds is 3. The van der Waals surface area contributed by atoms with Crippen molar-refractivity contribution in [2.75, 3.05) is 19.8 Å². The van der Waals surface area contributed by atoms with Crippen LogP contribution >= 0.6 is 11.6 Å². The Balaban J connectivity index is 1.72. The summed E-state index contributed by atoms with van der Waals surface area (Å²) in [4.78, 5) is 27.5. The quantitative estimate of drug-likeness (QED) is 0.556. The van der Waals surface area contributed by atoms with Crippen LogP contribution in [-0.2, 0) is 16.1 Å². The monoisotopic (exact) mass is 444 g/mol. The molecule has 164 valence electrons. The predicted molar refractivity (Wildman–Crippen MR) is 114 cm³/mol. The number of hydroxylamine groups is 1. The molecule has 2 N–H and O–H groups in total. The highest BCUT2D eigenvalue weighted by Gasteiger charge is 2.42. The van der Waals surface area contributed by atoms with E-state index in [2.05, 4.69) is 0 Å². The first-order valence-electron chi connectivity index (χ1n) is 10.3. The van der Waals surface area contributed by atoms with Crippen LogP contribution in [0.15, 0.2) is 42.5 Å². The number of fused-ring (bicyclic) bond motifs is 1. The largest absolute Gasteiger partial charge is 0.491 e. The molecular weight excluding hydrogens is 420 g/mol. The maximum absolute atomic E-state index is 13.8. The Hall–Kier alpha value is -2.61. The van der Waals surface area contributed by atoms with Gasteiger partial charge in [0.25, 0.3) is 5.91 Å². The number of hydrogen-bond donors (Lipinski definition) is 2. The van der Waals surface area contributed by atoms with Crippen molar-refractivity contribution in [1.29, 1.82) is 0 Å². The van der Waals surface area contributed by atoms with E-state index in [0.29, 0.717) is 43.4 Å². The van der Waals surface area contributed by atoms with Crippen molar-refractivity contribution in [3.05, 3.63) is 64.2 Å². The van der Waals surface area contributed by atoms with Crippen molar-refractivity contribution in [1.82, 2.24) is 10.4 Å². The Labute approximate surface area is 185 Å². The summed E-state index contributed by atoms with van der Waals surface area (Å²) in [5.41, 5.74) is 3.13. The van der Waals surface area contributed by atoms with E-state index >= 15 is 0 Å². The average Bonchev–Trinajstić information content (AvgIpc) is 2.98. The summed E-state index contributed by atoms with van der Waals surface area (Å²) in [7, 11) is 0. The number of hydrogen-bond acceptors (Lipinski definition) is 5. The second-order valence-corrected chi connectivity index (χ2v) is 8.68. The zero-order valence-electron chi connectivity index (χ0n) is 17.3. The lowest BCUT2D eigenvalue weighted by Crippen LogP contribution is -2.47. The number of ether oxygens (including phenoxy) is 2. The van der Waals surface area contributed by atoms with Crippen LogP contribution in [0.25, 0.3) is 0 Å². The van der Waals surface area contributed by atoms with Crippen molar-refractivity contribution in [2.24, 2.45) is 5.41 Å². The minimum atomic E-state index is -0.618. The number of carbonyl (C=O) groups excluding carboxylic acids is 2. The predicted octanol–water partition coefficient (Wildman–Crippen LogP) is 3.74. The summed E-state index contributed by atoms with van der Waals surface area (Å²) in [6.07, 6.45) is 1.33. The van der Waals surface area contributed by atoms with Crippen molar-refractivity contribution in [2.45, 2.75) is 32.4 Å². The van der Waals surface area contributed by atoms with Gasteiger partial charge in [-0.25, -0.2) is 5.48 Å². The topological polar surface area (TPSA) is 88.1 Å². The van der Waals surface area contributed by atoms with Gasteiger partial charge in [-0.05, 0) is 42.7 Å². The molecule has 0 aromatic heterocycles. The lowest BCUT2D eigenvalue weighted by Gasteiger charge is -2.39. The summed E-state index contributed by atoms with van der Waals surface area (Å²) < 4.78 is 11.6. The molecule has 0 aliphatic carbocycles. The highest BCUT2D eigenvalue weighted by atomic mass is 35.5. The number of carbonyl (C=O) groups is 2. The lowest BCUT2D eigenvalue weighted by molar-refractivity contribution is -0.150. The first-order valence-corrected chi connectivity index (χ1v) is 10.6. The maximum atomic E-state index is 13.8. The molecule has 2 aliphatic heterocycles. The van der Waals surface area contributed by atoms with Gasteiger partial charge in [-0.3, -0.25) is 14.8 Å². The molecule has 0 radical (unpaired) electrons. The van der Waals surface area contributed by atoms with Gasteiger partial charge in [0.15, 0.2) is 0 Å². The second kappa shape index (κ2) is 8.86. The van der Waals surface area contributed by atoms with Gasteiger partial charge in [0.1, 0.15) is 12.4 Å². The molecule has 2 aliphatic rings. The Morgan fingerprint density at radius 1 is 1.16 bits per heavy atom. The average molecular weight is 445 g/mol. The number of nitrogens with zero attached hydrogens (tertiary/aromatic N) is 1. The zero-order valence-corrected chi connectivity index (χ0v) is 18.0. The normalized spacial score (nSPS) is 20.2. The van der Waals surface area contributed by atoms with Gasteiger partial charge in [0.05, 0.1) is 18.0 Å². The molecule has 2 aromatic rings. The van der Waals surface area contributed by atoms with Crippen LogP contribution < -0.4 is 10.2 Å². The molecule has 7 nitrogen and oxygen atoms in total. The molecule has 2 aromatic carbocycles. The third-order valence-corrected chi connectivity index (χ3v) is 6.42. The minimum absolute atomic E-state index is 0.0596. The van der Waals surface area contributed by atoms with E-state index in [-0.39, 0.29) is 24.1 Å². The van der Waals surface area contributed by atoms with Crippen LogP contribution in [-0.4, -0.2) is 41.7 Å². The Morgan fingerprint density at radius 3 is 2.55 bits per heavy atom. The van der Waals surface area contributed by atoms with Crippen LogP contribution in [0.3, 0.4) is 0 Å². The van der Waals surface area contributed by atoms with Gasteiger partial charge >= 0.3 is 0 Å². The molecule has 31 heavy (non-hydrogen) atoms. The molecule has 1 fully saturated rings. The Bertz CT molecular complexity index is 972. The summed E-state index contributed by atoms with van der Waals surface area (Å²) in [6.45, 7) is 3.71. The van der Waals surface area contributed by atoms with Crippen LogP contribution in [0.4, 0.5) is 0 Å². The smallest absolute Gasteiger partial charge is 0.274 e. The van der Waals surface area contributed by atoms with Crippen molar-refractivity contribution >= 4 is 23.4 Å². The number of amides is 2. The second-order valence-electron chi connectivity index (χ2n) is 8.25. The molecule has 1 atom stereocenters. The van der Waals surface area contributed by atoms with Gasteiger partial charge < -0.3 is 14.4 Å². The van der Waals surface area contributed by atoms with Gasteiger partial charge in [0, 0.05) is 29.4 Å². The first kappa shape index (κ1) is 21.6. The highest BCUT2D eigenvalue weighted by molar-refractivity contribution is 6.30. The fraction of sp³-hybridized carbons (Fsp3) is 0.391. The zero-order chi connectivity index (χ0) is 22.0. The van der Waals surface area contributed by atoms with E-state index in [1.165, 1.54) is 0 Å². The van der Waals surface area contributed by atoms with Crippen LogP contribution in [0.2, 0.25) is 5.02 Å². The van der Waals surface area contributed by atoms with Crippen molar-refractivity contribution in [3.63, 3.8) is 0 Å². The molecule has 2 heterocycles. The molecule has 4 rings (SSSR count). The fourth-order valence-corrected chi connectivity index (χ4v) is 4.26. The molecule has 1 unspecified atom stereocenters. The van der Waals surface area contributed by atoms with E-state index in [4.69, 9.17) is 26.3 Å². The fourth-order valence-electron chi connectivity index (χ4n) is 4.13. The summed E-state index contributed by atoms with van der Waals surface area (Å²) >= 11 is 6.08. The van der Waals surface area contributed by atoms with E-state index < -0.39 is 11.3 Å². The summed E-state index contributed by atoms with van der Waals surface area (Å²) in [6, 6.07) is 12.1. The third-order valence-electron chi connectivity index (χ3n) is 6.17. The third kappa shape index (κ3) is 4.39. The Morgan fingerprint density at radius 2 is 1.87 bits per heavy atom. The van der Waals surface area contributed by atoms with Crippen molar-refractivity contribution < 1.29 is 24.3 Å². The van der Waals surface area contributed by atoms with Gasteiger partial charge in [0.2, 0.25) is 5.91 Å². The molecule has 0 bridgehead atoms. The molecule has 0 spiro atoms. The summed E-state index contributed by atoms with van der Waals surface area (Å²) in [5.74, 6) is -0.0376. The van der Waals surface area contributed by atoms with E-state index in [1.54, 1.807) is 35.8 Å². The Kier molecular flexibility index (Phi) is 6.18. The number of benzene rings is 2. The highest BCUT2D eigenvalue weighted by Crippen LogP contribution is 2.39. The van der Waals surface area contributed by atoms with Crippen LogP contribution in [0.5, 0.6) is 5.75 Å². The van der Waals surface area contributed by atoms with Gasteiger partial charge in [-0.2, -0.15) is 0 Å². The minimum Gasteiger partial charge on any atom is -0.491 e.